The van der Waals surface area contributed by atoms with Crippen molar-refractivity contribution in [3.63, 3.8) is 0 Å². The fraction of sp³-hybridized carbons (Fsp3) is 0.818. The van der Waals surface area contributed by atoms with Crippen LogP contribution < -0.4 is 33.2 Å². The Morgan fingerprint density at radius 3 is 2.76 bits per heavy atom. The minimum absolute atomic E-state index is 0. The molecule has 1 rings (SSSR count). The second kappa shape index (κ2) is 11.0. The summed E-state index contributed by atoms with van der Waals surface area (Å²) in [5.74, 6) is 6.28. The van der Waals surface area contributed by atoms with Crippen LogP contribution in [0.15, 0.2) is 4.99 Å². The first kappa shape index (κ1) is 16.9. The molecular weight excluding hydrogens is 300 g/mol. The highest BCUT2D eigenvalue weighted by Gasteiger charge is 2.16. The summed E-state index contributed by atoms with van der Waals surface area (Å²) in [6, 6.07) is 0.600. The van der Waals surface area contributed by atoms with Crippen LogP contribution in [-0.2, 0) is 0 Å². The molecule has 0 amide bonds. The number of hydrazine groups is 1. The molecule has 1 saturated carbocycles. The molecule has 0 aliphatic heterocycles. The van der Waals surface area contributed by atoms with Crippen molar-refractivity contribution in [1.29, 1.82) is 0 Å². The van der Waals surface area contributed by atoms with E-state index < -0.39 is 0 Å². The lowest BCUT2D eigenvalue weighted by atomic mass is 9.96. The molecule has 17 heavy (non-hydrogen) atoms. The number of nitrogens with two attached hydrogens (primary N) is 1. The summed E-state index contributed by atoms with van der Waals surface area (Å²) in [6.07, 6.45) is 9.27. The lowest BCUT2D eigenvalue weighted by Crippen LogP contribution is -3.00. The number of hydrogen-bond donors (Lipinski definition) is 3. The zero-order valence-electron chi connectivity index (χ0n) is 10.4. The van der Waals surface area contributed by atoms with Crippen molar-refractivity contribution in [3.05, 3.63) is 0 Å². The van der Waals surface area contributed by atoms with Gasteiger partial charge in [-0.25, -0.2) is 5.84 Å². The first-order valence-electron chi connectivity index (χ1n) is 6.11. The molecule has 6 heteroatoms. The molecule has 0 radical (unpaired) electrons. The molecule has 4 nitrogen and oxygen atoms in total. The van der Waals surface area contributed by atoms with Crippen LogP contribution in [0.1, 0.15) is 45.4 Å². The Hall–Kier alpha value is -0.0700. The van der Waals surface area contributed by atoms with Gasteiger partial charge in [0.15, 0.2) is 0 Å². The van der Waals surface area contributed by atoms with Crippen LogP contribution >= 0.6 is 11.8 Å². The normalized spacial score (nSPS) is 18.1. The van der Waals surface area contributed by atoms with Gasteiger partial charge in [-0.2, -0.15) is 0 Å². The van der Waals surface area contributed by atoms with E-state index in [9.17, 15) is 0 Å². The van der Waals surface area contributed by atoms with Crippen LogP contribution in [0, 0.1) is 0 Å². The SMILES string of the molecule is CCCSC(/N=C/NN)=[NH+]C1CCCCC1.[Br-]. The van der Waals surface area contributed by atoms with Crippen molar-refractivity contribution in [2.45, 2.75) is 51.5 Å². The monoisotopic (exact) mass is 322 g/mol. The Morgan fingerprint density at radius 2 is 2.18 bits per heavy atom. The highest BCUT2D eigenvalue weighted by atomic mass is 79.9. The molecule has 0 aromatic rings. The summed E-state index contributed by atoms with van der Waals surface area (Å²) in [5.41, 5.74) is 2.45. The summed E-state index contributed by atoms with van der Waals surface area (Å²) < 4.78 is 0. The van der Waals surface area contributed by atoms with Crippen molar-refractivity contribution in [2.24, 2.45) is 10.8 Å². The average Bonchev–Trinajstić information content (AvgIpc) is 2.34. The minimum Gasteiger partial charge on any atom is -1.00 e. The predicted molar refractivity (Wildman–Crippen MR) is 71.4 cm³/mol. The molecule has 0 heterocycles. The summed E-state index contributed by atoms with van der Waals surface area (Å²) in [6.45, 7) is 2.18. The maximum absolute atomic E-state index is 5.19. The van der Waals surface area contributed by atoms with Crippen molar-refractivity contribution in [1.82, 2.24) is 5.43 Å². The van der Waals surface area contributed by atoms with Gasteiger partial charge in [0.25, 0.3) is 0 Å². The van der Waals surface area contributed by atoms with Crippen LogP contribution in [0.4, 0.5) is 0 Å². The standard InChI is InChI=1S/C11H22N4S.BrH/c1-2-8-16-11(13-9-14-12)15-10-6-4-3-5-7-10;/h9-10H,2-8,12H2,1H3,(H,13,14,15);1H. The molecule has 0 spiro atoms. The van der Waals surface area contributed by atoms with E-state index in [0.717, 1.165) is 17.3 Å². The number of amidine groups is 1. The van der Waals surface area contributed by atoms with Crippen LogP contribution in [0.25, 0.3) is 0 Å². The molecule has 0 saturated heterocycles. The summed E-state index contributed by atoms with van der Waals surface area (Å²) >= 11 is 1.77. The number of hydrogen-bond acceptors (Lipinski definition) is 2. The van der Waals surface area contributed by atoms with E-state index in [-0.39, 0.29) is 17.0 Å². The Kier molecular flexibility index (Phi) is 11.0. The maximum atomic E-state index is 5.19. The van der Waals surface area contributed by atoms with Gasteiger partial charge in [0.05, 0.1) is 6.04 Å². The van der Waals surface area contributed by atoms with Crippen LogP contribution in [0.2, 0.25) is 0 Å². The van der Waals surface area contributed by atoms with E-state index in [2.05, 4.69) is 22.3 Å². The molecule has 100 valence electrons. The Balaban J connectivity index is 0.00000256. The van der Waals surface area contributed by atoms with Gasteiger partial charge >= 0.3 is 5.17 Å². The largest absolute Gasteiger partial charge is 1.00 e. The molecule has 0 bridgehead atoms. The molecule has 1 aliphatic carbocycles. The van der Waals surface area contributed by atoms with E-state index in [1.807, 2.05) is 0 Å². The predicted octanol–water partition coefficient (Wildman–Crippen LogP) is -2.61. The van der Waals surface area contributed by atoms with Gasteiger partial charge in [-0.1, -0.05) is 13.3 Å². The number of thioether (sulfide) groups is 1. The lowest BCUT2D eigenvalue weighted by molar-refractivity contribution is -0.505. The van der Waals surface area contributed by atoms with Gasteiger partial charge in [0, 0.05) is 5.75 Å². The van der Waals surface area contributed by atoms with E-state index in [1.165, 1.54) is 38.4 Å². The third kappa shape index (κ3) is 7.78. The van der Waals surface area contributed by atoms with E-state index in [1.54, 1.807) is 11.8 Å². The lowest BCUT2D eigenvalue weighted by Gasteiger charge is -2.15. The Morgan fingerprint density at radius 1 is 1.47 bits per heavy atom. The first-order valence-corrected chi connectivity index (χ1v) is 7.10. The second-order valence-corrected chi connectivity index (χ2v) is 5.14. The Labute approximate surface area is 119 Å². The number of halogens is 1. The third-order valence-electron chi connectivity index (χ3n) is 2.63. The van der Waals surface area contributed by atoms with Gasteiger partial charge in [0.2, 0.25) is 6.34 Å². The molecular formula is C11H23BrN4S. The van der Waals surface area contributed by atoms with Gasteiger partial charge in [-0.3, -0.25) is 10.4 Å². The highest BCUT2D eigenvalue weighted by molar-refractivity contribution is 8.13. The molecule has 0 unspecified atom stereocenters. The van der Waals surface area contributed by atoms with Gasteiger partial charge < -0.3 is 17.0 Å². The van der Waals surface area contributed by atoms with Crippen molar-refractivity contribution in [3.8, 4) is 0 Å². The van der Waals surface area contributed by atoms with Gasteiger partial charge in [-0.15, -0.1) is 0 Å². The summed E-state index contributed by atoms with van der Waals surface area (Å²) in [4.78, 5) is 7.79. The summed E-state index contributed by atoms with van der Waals surface area (Å²) in [7, 11) is 0. The van der Waals surface area contributed by atoms with Crippen molar-refractivity contribution < 1.29 is 22.0 Å². The maximum Gasteiger partial charge on any atom is 0.354 e. The zero-order valence-corrected chi connectivity index (χ0v) is 12.8. The molecule has 4 N–H and O–H groups in total. The Bertz CT molecular complexity index is 240. The van der Waals surface area contributed by atoms with Crippen LogP contribution in [0.5, 0.6) is 0 Å². The molecule has 0 atom stereocenters. The van der Waals surface area contributed by atoms with Crippen molar-refractivity contribution in [2.75, 3.05) is 5.75 Å². The first-order chi connectivity index (χ1) is 7.86. The fourth-order valence-electron chi connectivity index (χ4n) is 1.83. The summed E-state index contributed by atoms with van der Waals surface area (Å²) in [5, 5.41) is 0.992. The molecule has 0 aromatic carbocycles. The molecule has 1 fully saturated rings. The highest BCUT2D eigenvalue weighted by Crippen LogP contribution is 2.14. The quantitative estimate of drug-likeness (QED) is 0.230. The van der Waals surface area contributed by atoms with E-state index >= 15 is 0 Å². The topological polar surface area (TPSA) is 64.4 Å². The molecule has 1 aliphatic rings. The zero-order chi connectivity index (χ0) is 11.6. The van der Waals surface area contributed by atoms with Crippen LogP contribution in [0.3, 0.4) is 0 Å². The third-order valence-corrected chi connectivity index (χ3v) is 3.74. The fourth-order valence-corrected chi connectivity index (χ4v) is 2.61. The number of aliphatic imine (C=N–C) groups is 1. The number of nitrogens with zero attached hydrogens (tertiary/aromatic N) is 1. The number of rotatable bonds is 4. The van der Waals surface area contributed by atoms with E-state index in [4.69, 9.17) is 5.84 Å². The minimum atomic E-state index is 0. The van der Waals surface area contributed by atoms with Gasteiger partial charge in [0.1, 0.15) is 0 Å². The number of nitrogens with one attached hydrogen (secondary N) is 2. The smallest absolute Gasteiger partial charge is 0.354 e. The average molecular weight is 323 g/mol. The van der Waals surface area contributed by atoms with Gasteiger partial charge in [-0.05, 0) is 48.9 Å². The molecule has 0 aromatic heterocycles. The van der Waals surface area contributed by atoms with Crippen LogP contribution in [-0.4, -0.2) is 23.3 Å². The van der Waals surface area contributed by atoms with E-state index in [0.29, 0.717) is 6.04 Å². The second-order valence-electron chi connectivity index (χ2n) is 4.06. The van der Waals surface area contributed by atoms with Crippen molar-refractivity contribution >= 4 is 23.3 Å².